The monoisotopic (exact) mass is 348 g/mol. The third kappa shape index (κ3) is 4.41. The van der Waals surface area contributed by atoms with Crippen molar-refractivity contribution in [3.8, 4) is 0 Å². The maximum Gasteiger partial charge on any atom is 0.315 e. The molecular weight excluding hydrogens is 324 g/mol. The Morgan fingerprint density at radius 1 is 0.962 bits per heavy atom. The van der Waals surface area contributed by atoms with Crippen molar-refractivity contribution < 1.29 is 9.53 Å². The minimum absolute atomic E-state index is 0.0752. The van der Waals surface area contributed by atoms with Gasteiger partial charge in [0.25, 0.3) is 0 Å². The molecule has 0 radical (unpaired) electrons. The molecule has 26 heavy (non-hydrogen) atoms. The van der Waals surface area contributed by atoms with E-state index in [1.54, 1.807) is 7.11 Å². The minimum Gasteiger partial charge on any atom is -0.380 e. The summed E-state index contributed by atoms with van der Waals surface area (Å²) in [5.41, 5.74) is 3.22. The third-order valence-corrected chi connectivity index (χ3v) is 4.48. The van der Waals surface area contributed by atoms with Gasteiger partial charge >= 0.3 is 6.03 Å². The molecule has 0 spiro atoms. The van der Waals surface area contributed by atoms with Crippen molar-refractivity contribution in [2.45, 2.75) is 26.1 Å². The Kier molecular flexibility index (Phi) is 5.87. The van der Waals surface area contributed by atoms with Crippen LogP contribution in [0.1, 0.15) is 29.7 Å². The zero-order chi connectivity index (χ0) is 18.4. The number of ether oxygens (including phenoxy) is 1. The average Bonchev–Trinajstić information content (AvgIpc) is 2.67. The first-order valence-electron chi connectivity index (χ1n) is 8.76. The standard InChI is InChI=1S/C22H24N2O2/c1-16(18-12-11-17-7-3-4-8-19(17)13-18)24-22(25)23-14-20-9-5-6-10-21(20)15-26-2/h3-13,16H,14-15H2,1-2H3,(H2,23,24,25)/t16-/m0/s1. The fraction of sp³-hybridized carbons (Fsp3) is 0.227. The molecule has 4 nitrogen and oxygen atoms in total. The number of rotatable bonds is 6. The summed E-state index contributed by atoms with van der Waals surface area (Å²) >= 11 is 0. The lowest BCUT2D eigenvalue weighted by molar-refractivity contribution is 0.184. The zero-order valence-corrected chi connectivity index (χ0v) is 15.2. The topological polar surface area (TPSA) is 50.4 Å². The van der Waals surface area contributed by atoms with E-state index >= 15 is 0 Å². The molecule has 3 aromatic carbocycles. The number of benzene rings is 3. The lowest BCUT2D eigenvalue weighted by Gasteiger charge is -2.16. The van der Waals surface area contributed by atoms with Gasteiger partial charge in [-0.15, -0.1) is 0 Å². The van der Waals surface area contributed by atoms with Crippen LogP contribution < -0.4 is 10.6 Å². The van der Waals surface area contributed by atoms with Gasteiger partial charge in [0.05, 0.1) is 12.6 Å². The van der Waals surface area contributed by atoms with E-state index in [2.05, 4.69) is 41.0 Å². The summed E-state index contributed by atoms with van der Waals surface area (Å²) in [5.74, 6) is 0. The van der Waals surface area contributed by atoms with Gasteiger partial charge in [-0.25, -0.2) is 4.79 Å². The van der Waals surface area contributed by atoms with Crippen LogP contribution in [0.25, 0.3) is 10.8 Å². The Hall–Kier alpha value is -2.85. The SMILES string of the molecule is COCc1ccccc1CNC(=O)N[C@@H](C)c1ccc2ccccc2c1. The van der Waals surface area contributed by atoms with Crippen LogP contribution in [-0.2, 0) is 17.9 Å². The second-order valence-electron chi connectivity index (χ2n) is 6.36. The highest BCUT2D eigenvalue weighted by Gasteiger charge is 2.10. The molecule has 2 N–H and O–H groups in total. The Labute approximate surface area is 154 Å². The van der Waals surface area contributed by atoms with Crippen LogP contribution in [0.5, 0.6) is 0 Å². The fourth-order valence-corrected chi connectivity index (χ4v) is 3.01. The molecular formula is C22H24N2O2. The highest BCUT2D eigenvalue weighted by atomic mass is 16.5. The molecule has 1 atom stereocenters. The first-order valence-corrected chi connectivity index (χ1v) is 8.76. The normalized spacial score (nSPS) is 11.9. The first kappa shape index (κ1) is 18.0. The van der Waals surface area contributed by atoms with Gasteiger partial charge in [0.2, 0.25) is 0 Å². The maximum absolute atomic E-state index is 12.3. The summed E-state index contributed by atoms with van der Waals surface area (Å²) < 4.78 is 5.20. The van der Waals surface area contributed by atoms with Crippen molar-refractivity contribution in [1.29, 1.82) is 0 Å². The predicted octanol–water partition coefficient (Wildman–Crippen LogP) is 4.55. The Morgan fingerprint density at radius 2 is 1.65 bits per heavy atom. The molecule has 0 aliphatic carbocycles. The van der Waals surface area contributed by atoms with Crippen LogP contribution in [0.2, 0.25) is 0 Å². The van der Waals surface area contributed by atoms with E-state index in [4.69, 9.17) is 4.74 Å². The second kappa shape index (κ2) is 8.50. The summed E-state index contributed by atoms with van der Waals surface area (Å²) in [7, 11) is 1.67. The van der Waals surface area contributed by atoms with Crippen LogP contribution in [0.3, 0.4) is 0 Å². The van der Waals surface area contributed by atoms with Gasteiger partial charge in [0.15, 0.2) is 0 Å². The molecule has 3 rings (SSSR count). The molecule has 0 bridgehead atoms. The Morgan fingerprint density at radius 3 is 2.42 bits per heavy atom. The van der Waals surface area contributed by atoms with Gasteiger partial charge in [-0.1, -0.05) is 60.7 Å². The van der Waals surface area contributed by atoms with Crippen LogP contribution in [0.15, 0.2) is 66.7 Å². The van der Waals surface area contributed by atoms with Crippen molar-refractivity contribution >= 4 is 16.8 Å². The number of fused-ring (bicyclic) bond motifs is 1. The molecule has 0 saturated heterocycles. The lowest BCUT2D eigenvalue weighted by Crippen LogP contribution is -2.36. The quantitative estimate of drug-likeness (QED) is 0.687. The predicted molar refractivity (Wildman–Crippen MR) is 105 cm³/mol. The van der Waals surface area contributed by atoms with E-state index in [1.165, 1.54) is 10.8 Å². The summed E-state index contributed by atoms with van der Waals surface area (Å²) in [6, 6.07) is 22.2. The average molecular weight is 348 g/mol. The number of hydrogen-bond acceptors (Lipinski definition) is 2. The molecule has 0 unspecified atom stereocenters. The number of amides is 2. The van der Waals surface area contributed by atoms with Crippen LogP contribution >= 0.6 is 0 Å². The number of carbonyl (C=O) groups excluding carboxylic acids is 1. The number of hydrogen-bond donors (Lipinski definition) is 2. The van der Waals surface area contributed by atoms with Gasteiger partial charge in [0.1, 0.15) is 0 Å². The first-order chi connectivity index (χ1) is 12.7. The summed E-state index contributed by atoms with van der Waals surface area (Å²) in [6.45, 7) is 2.99. The Bertz CT molecular complexity index is 892. The van der Waals surface area contributed by atoms with Crippen molar-refractivity contribution in [3.63, 3.8) is 0 Å². The molecule has 3 aromatic rings. The van der Waals surface area contributed by atoms with Crippen LogP contribution in [0.4, 0.5) is 4.79 Å². The molecule has 4 heteroatoms. The van der Waals surface area contributed by atoms with Gasteiger partial charge in [-0.05, 0) is 40.5 Å². The molecule has 0 aliphatic rings. The van der Waals surface area contributed by atoms with E-state index in [-0.39, 0.29) is 12.1 Å². The van der Waals surface area contributed by atoms with Crippen LogP contribution in [-0.4, -0.2) is 13.1 Å². The molecule has 2 amide bonds. The van der Waals surface area contributed by atoms with E-state index in [1.807, 2.05) is 43.3 Å². The highest BCUT2D eigenvalue weighted by molar-refractivity contribution is 5.83. The summed E-state index contributed by atoms with van der Waals surface area (Å²) in [5, 5.41) is 8.30. The summed E-state index contributed by atoms with van der Waals surface area (Å²) in [4.78, 5) is 12.3. The molecule has 0 heterocycles. The van der Waals surface area contributed by atoms with Crippen molar-refractivity contribution in [3.05, 3.63) is 83.4 Å². The third-order valence-electron chi connectivity index (χ3n) is 4.48. The number of urea groups is 1. The minimum atomic E-state index is -0.183. The smallest absolute Gasteiger partial charge is 0.315 e. The fourth-order valence-electron chi connectivity index (χ4n) is 3.01. The van der Waals surface area contributed by atoms with E-state index in [9.17, 15) is 4.79 Å². The molecule has 0 fully saturated rings. The molecule has 0 aromatic heterocycles. The maximum atomic E-state index is 12.3. The van der Waals surface area contributed by atoms with Gasteiger partial charge in [-0.2, -0.15) is 0 Å². The van der Waals surface area contributed by atoms with Crippen molar-refractivity contribution in [2.24, 2.45) is 0 Å². The van der Waals surface area contributed by atoms with Gasteiger partial charge in [-0.3, -0.25) is 0 Å². The highest BCUT2D eigenvalue weighted by Crippen LogP contribution is 2.20. The van der Waals surface area contributed by atoms with E-state index in [0.29, 0.717) is 13.2 Å². The van der Waals surface area contributed by atoms with Gasteiger partial charge < -0.3 is 15.4 Å². The van der Waals surface area contributed by atoms with Crippen molar-refractivity contribution in [2.75, 3.05) is 7.11 Å². The number of nitrogens with one attached hydrogen (secondary N) is 2. The molecule has 0 saturated carbocycles. The summed E-state index contributed by atoms with van der Waals surface area (Å²) in [6.07, 6.45) is 0. The molecule has 134 valence electrons. The lowest BCUT2D eigenvalue weighted by atomic mass is 10.0. The zero-order valence-electron chi connectivity index (χ0n) is 15.2. The van der Waals surface area contributed by atoms with Crippen molar-refractivity contribution in [1.82, 2.24) is 10.6 Å². The van der Waals surface area contributed by atoms with Crippen LogP contribution in [0, 0.1) is 0 Å². The largest absolute Gasteiger partial charge is 0.380 e. The Balaban J connectivity index is 1.60. The van der Waals surface area contributed by atoms with E-state index < -0.39 is 0 Å². The molecule has 0 aliphatic heterocycles. The number of carbonyl (C=O) groups is 1. The van der Waals surface area contributed by atoms with Gasteiger partial charge in [0, 0.05) is 13.7 Å². The number of methoxy groups -OCH3 is 1. The van der Waals surface area contributed by atoms with E-state index in [0.717, 1.165) is 16.7 Å². The second-order valence-corrected chi connectivity index (χ2v) is 6.36.